The first-order valence-corrected chi connectivity index (χ1v) is 7.25. The fraction of sp³-hybridized carbons (Fsp3) is 0. The molecule has 3 nitrogen and oxygen atoms in total. The normalized spacial score (nSPS) is 10.8. The van der Waals surface area contributed by atoms with Gasteiger partial charge in [-0.15, -0.1) is 0 Å². The smallest absolute Gasteiger partial charge is 0.185 e. The third-order valence-corrected chi connectivity index (χ3v) is 3.48. The molecule has 0 aliphatic heterocycles. The first-order chi connectivity index (χ1) is 11.2. The summed E-state index contributed by atoms with van der Waals surface area (Å²) in [5, 5.41) is 9.46. The first kappa shape index (κ1) is 14.7. The first-order valence-electron chi connectivity index (χ1n) is 7.25. The lowest BCUT2D eigenvalue weighted by molar-refractivity contribution is 0.104. The highest BCUT2D eigenvalue weighted by Gasteiger charge is 2.05. The van der Waals surface area contributed by atoms with E-state index < -0.39 is 0 Å². The number of rotatable bonds is 4. The van der Waals surface area contributed by atoms with E-state index in [2.05, 4.69) is 4.98 Å². The predicted octanol–water partition coefficient (Wildman–Crippen LogP) is 4.35. The van der Waals surface area contributed by atoms with Crippen molar-refractivity contribution in [2.24, 2.45) is 0 Å². The summed E-state index contributed by atoms with van der Waals surface area (Å²) in [5.41, 5.74) is 3.41. The van der Waals surface area contributed by atoms with Gasteiger partial charge in [-0.3, -0.25) is 9.78 Å². The van der Waals surface area contributed by atoms with E-state index in [4.69, 9.17) is 0 Å². The van der Waals surface area contributed by atoms with Gasteiger partial charge in [-0.05, 0) is 35.4 Å². The molecule has 0 saturated carbocycles. The highest BCUT2D eigenvalue weighted by atomic mass is 16.3. The number of benzene rings is 2. The predicted molar refractivity (Wildman–Crippen MR) is 91.1 cm³/mol. The van der Waals surface area contributed by atoms with E-state index in [1.54, 1.807) is 30.6 Å². The summed E-state index contributed by atoms with van der Waals surface area (Å²) >= 11 is 0. The highest BCUT2D eigenvalue weighted by molar-refractivity contribution is 6.07. The van der Waals surface area contributed by atoms with Gasteiger partial charge in [0.25, 0.3) is 0 Å². The van der Waals surface area contributed by atoms with Gasteiger partial charge in [0.1, 0.15) is 5.75 Å². The number of allylic oxidation sites excluding steroid dienone is 1. The molecule has 0 radical (unpaired) electrons. The van der Waals surface area contributed by atoms with Crippen molar-refractivity contribution in [1.29, 1.82) is 0 Å². The van der Waals surface area contributed by atoms with Crippen LogP contribution >= 0.6 is 0 Å². The Morgan fingerprint density at radius 2 is 1.87 bits per heavy atom. The Morgan fingerprint density at radius 3 is 2.65 bits per heavy atom. The Kier molecular flexibility index (Phi) is 4.29. The summed E-state index contributed by atoms with van der Waals surface area (Å²) in [6.45, 7) is 0. The molecule has 1 N–H and O–H groups in total. The molecule has 3 aromatic rings. The molecule has 1 aromatic heterocycles. The largest absolute Gasteiger partial charge is 0.508 e. The van der Waals surface area contributed by atoms with Crippen LogP contribution in [0.1, 0.15) is 15.9 Å². The number of carbonyl (C=O) groups is 1. The zero-order valence-electron chi connectivity index (χ0n) is 12.4. The molecule has 0 fully saturated rings. The third-order valence-electron chi connectivity index (χ3n) is 3.48. The summed E-state index contributed by atoms with van der Waals surface area (Å²) < 4.78 is 0. The van der Waals surface area contributed by atoms with Gasteiger partial charge in [-0.1, -0.05) is 48.5 Å². The number of hydrogen-bond acceptors (Lipinski definition) is 3. The van der Waals surface area contributed by atoms with Crippen LogP contribution in [0.25, 0.3) is 17.2 Å². The van der Waals surface area contributed by atoms with Crippen LogP contribution in [0.3, 0.4) is 0 Å². The topological polar surface area (TPSA) is 50.2 Å². The highest BCUT2D eigenvalue weighted by Crippen LogP contribution is 2.24. The SMILES string of the molecule is O=C(C=Cc1ccccc1-c1cccnc1)c1cccc(O)c1. The summed E-state index contributed by atoms with van der Waals surface area (Å²) in [4.78, 5) is 16.3. The van der Waals surface area contributed by atoms with Crippen LogP contribution < -0.4 is 0 Å². The second-order valence-corrected chi connectivity index (χ2v) is 5.08. The molecule has 23 heavy (non-hydrogen) atoms. The van der Waals surface area contributed by atoms with Crippen molar-refractivity contribution >= 4 is 11.9 Å². The molecule has 0 saturated heterocycles. The van der Waals surface area contributed by atoms with Gasteiger partial charge in [0.2, 0.25) is 0 Å². The zero-order chi connectivity index (χ0) is 16.1. The number of aromatic hydroxyl groups is 1. The zero-order valence-corrected chi connectivity index (χ0v) is 12.4. The lowest BCUT2D eigenvalue weighted by atomic mass is 10.00. The van der Waals surface area contributed by atoms with E-state index in [0.717, 1.165) is 16.7 Å². The molecule has 2 aromatic carbocycles. The summed E-state index contributed by atoms with van der Waals surface area (Å²) in [5.74, 6) is -0.0677. The Balaban J connectivity index is 1.90. The Labute approximate surface area is 134 Å². The number of hydrogen-bond donors (Lipinski definition) is 1. The lowest BCUT2D eigenvalue weighted by Crippen LogP contribution is -1.93. The molecule has 3 heteroatoms. The van der Waals surface area contributed by atoms with Crippen molar-refractivity contribution in [3.05, 3.63) is 90.3 Å². The Hall–Kier alpha value is -3.20. The van der Waals surface area contributed by atoms with Crippen LogP contribution in [0.5, 0.6) is 5.75 Å². The van der Waals surface area contributed by atoms with Gasteiger partial charge in [0.05, 0.1) is 0 Å². The minimum absolute atomic E-state index is 0.0833. The Morgan fingerprint density at radius 1 is 1.00 bits per heavy atom. The summed E-state index contributed by atoms with van der Waals surface area (Å²) in [6, 6.07) is 18.0. The maximum atomic E-state index is 12.2. The molecule has 0 aliphatic carbocycles. The molecule has 0 unspecified atom stereocenters. The van der Waals surface area contributed by atoms with Gasteiger partial charge in [0, 0.05) is 23.5 Å². The van der Waals surface area contributed by atoms with E-state index in [0.29, 0.717) is 5.56 Å². The third kappa shape index (κ3) is 3.52. The van der Waals surface area contributed by atoms with Crippen molar-refractivity contribution in [1.82, 2.24) is 4.98 Å². The molecule has 112 valence electrons. The second kappa shape index (κ2) is 6.71. The van der Waals surface area contributed by atoms with Crippen molar-refractivity contribution in [2.75, 3.05) is 0 Å². The summed E-state index contributed by atoms with van der Waals surface area (Å²) in [7, 11) is 0. The van der Waals surface area contributed by atoms with Gasteiger partial charge in [-0.25, -0.2) is 0 Å². The van der Waals surface area contributed by atoms with E-state index in [1.807, 2.05) is 36.4 Å². The number of pyridine rings is 1. The Bertz CT molecular complexity index is 854. The number of ketones is 1. The number of nitrogens with zero attached hydrogens (tertiary/aromatic N) is 1. The van der Waals surface area contributed by atoms with E-state index in [-0.39, 0.29) is 11.5 Å². The van der Waals surface area contributed by atoms with E-state index >= 15 is 0 Å². The molecule has 0 amide bonds. The molecule has 0 atom stereocenters. The van der Waals surface area contributed by atoms with Crippen LogP contribution in [0, 0.1) is 0 Å². The van der Waals surface area contributed by atoms with Crippen molar-refractivity contribution in [3.63, 3.8) is 0 Å². The van der Waals surface area contributed by atoms with Crippen LogP contribution in [0.2, 0.25) is 0 Å². The molecule has 3 rings (SSSR count). The van der Waals surface area contributed by atoms with Crippen molar-refractivity contribution < 1.29 is 9.90 Å². The quantitative estimate of drug-likeness (QED) is 0.575. The molecular formula is C20H15NO2. The molecule has 0 bridgehead atoms. The minimum atomic E-state index is -0.151. The van der Waals surface area contributed by atoms with Gasteiger partial charge >= 0.3 is 0 Å². The average molecular weight is 301 g/mol. The number of carbonyl (C=O) groups excluding carboxylic acids is 1. The maximum Gasteiger partial charge on any atom is 0.185 e. The fourth-order valence-electron chi connectivity index (χ4n) is 2.35. The molecule has 0 spiro atoms. The number of aromatic nitrogens is 1. The van der Waals surface area contributed by atoms with Crippen LogP contribution in [-0.4, -0.2) is 15.9 Å². The van der Waals surface area contributed by atoms with Gasteiger partial charge in [0.15, 0.2) is 5.78 Å². The fourth-order valence-corrected chi connectivity index (χ4v) is 2.35. The lowest BCUT2D eigenvalue weighted by Gasteiger charge is -2.05. The van der Waals surface area contributed by atoms with Crippen molar-refractivity contribution in [2.45, 2.75) is 0 Å². The van der Waals surface area contributed by atoms with E-state index in [1.165, 1.54) is 18.2 Å². The van der Waals surface area contributed by atoms with E-state index in [9.17, 15) is 9.90 Å². The average Bonchev–Trinajstić information content (AvgIpc) is 2.60. The van der Waals surface area contributed by atoms with Crippen LogP contribution in [0.4, 0.5) is 0 Å². The molecular weight excluding hydrogens is 286 g/mol. The second-order valence-electron chi connectivity index (χ2n) is 5.08. The van der Waals surface area contributed by atoms with Crippen molar-refractivity contribution in [3.8, 4) is 16.9 Å². The van der Waals surface area contributed by atoms with Gasteiger partial charge < -0.3 is 5.11 Å². The van der Waals surface area contributed by atoms with Gasteiger partial charge in [-0.2, -0.15) is 0 Å². The summed E-state index contributed by atoms with van der Waals surface area (Å²) in [6.07, 6.45) is 6.83. The number of phenolic OH excluding ortho intramolecular Hbond substituents is 1. The minimum Gasteiger partial charge on any atom is -0.508 e. The standard InChI is InChI=1S/C20H15NO2/c22-18-8-3-6-16(13-18)20(23)11-10-15-5-1-2-9-19(15)17-7-4-12-21-14-17/h1-14,22H. The monoisotopic (exact) mass is 301 g/mol. The molecule has 1 heterocycles. The van der Waals surface area contributed by atoms with Crippen LogP contribution in [0.15, 0.2) is 79.1 Å². The van der Waals surface area contributed by atoms with Crippen LogP contribution in [-0.2, 0) is 0 Å². The number of phenols is 1. The molecule has 0 aliphatic rings. The maximum absolute atomic E-state index is 12.2.